The zero-order valence-electron chi connectivity index (χ0n) is 21.1. The van der Waals surface area contributed by atoms with Gasteiger partial charge >= 0.3 is 12.1 Å². The Balaban J connectivity index is 2.02. The molecule has 0 spiro atoms. The van der Waals surface area contributed by atoms with Gasteiger partial charge in [0.2, 0.25) is 9.70 Å². The highest BCUT2D eigenvalue weighted by atomic mass is 35.6. The third-order valence-electron chi connectivity index (χ3n) is 5.01. The second-order valence-electron chi connectivity index (χ2n) is 9.53. The van der Waals surface area contributed by atoms with Crippen LogP contribution in [-0.4, -0.2) is 74.5 Å². The van der Waals surface area contributed by atoms with Crippen molar-refractivity contribution in [1.29, 1.82) is 0 Å². The minimum Gasteiger partial charge on any atom is -0.460 e. The predicted octanol–water partition coefficient (Wildman–Crippen LogP) is 2.43. The lowest BCUT2D eigenvalue weighted by Crippen LogP contribution is -2.60. The number of hydrazine groups is 1. The topological polar surface area (TPSA) is 139 Å². The first kappa shape index (κ1) is 30.9. The molecule has 0 aromatic carbocycles. The Bertz CT molecular complexity index is 954. The van der Waals surface area contributed by atoms with Crippen molar-refractivity contribution in [3.63, 3.8) is 0 Å². The molecule has 3 atom stereocenters. The summed E-state index contributed by atoms with van der Waals surface area (Å²) >= 11 is 16.8. The van der Waals surface area contributed by atoms with Crippen molar-refractivity contribution < 1.29 is 28.7 Å². The number of esters is 1. The van der Waals surface area contributed by atoms with Gasteiger partial charge in [-0.15, -0.1) is 0 Å². The molecule has 14 heteroatoms. The fourth-order valence-electron chi connectivity index (χ4n) is 3.39. The molecular formula is C23H32Cl3N5O6. The van der Waals surface area contributed by atoms with Gasteiger partial charge in [0.05, 0.1) is 0 Å². The number of carbonyl (C=O) groups is 4. The largest absolute Gasteiger partial charge is 0.460 e. The average molecular weight is 581 g/mol. The second kappa shape index (κ2) is 13.5. The van der Waals surface area contributed by atoms with Gasteiger partial charge in [0.25, 0.3) is 5.91 Å². The molecule has 0 radical (unpaired) electrons. The molecule has 1 aliphatic rings. The maximum Gasteiger partial charge on any atom is 0.408 e. The maximum absolute atomic E-state index is 13.1. The van der Waals surface area contributed by atoms with Crippen molar-refractivity contribution in [2.75, 3.05) is 13.2 Å². The highest BCUT2D eigenvalue weighted by Gasteiger charge is 2.34. The first-order valence-corrected chi connectivity index (χ1v) is 12.8. The van der Waals surface area contributed by atoms with Crippen molar-refractivity contribution in [2.24, 2.45) is 0 Å². The summed E-state index contributed by atoms with van der Waals surface area (Å²) in [5.41, 5.74) is 2.74. The third-order valence-corrected chi connectivity index (χ3v) is 5.34. The molecule has 0 saturated carbocycles. The van der Waals surface area contributed by atoms with E-state index in [1.165, 1.54) is 11.9 Å². The Kier molecular flexibility index (Phi) is 11.2. The fraction of sp³-hybridized carbons (Fsp3) is 0.609. The van der Waals surface area contributed by atoms with E-state index in [0.29, 0.717) is 24.9 Å². The van der Waals surface area contributed by atoms with E-state index < -0.39 is 58.0 Å². The van der Waals surface area contributed by atoms with Gasteiger partial charge in [-0.05, 0) is 52.2 Å². The highest BCUT2D eigenvalue weighted by Crippen LogP contribution is 2.26. The van der Waals surface area contributed by atoms with Crippen molar-refractivity contribution in [2.45, 2.75) is 74.5 Å². The van der Waals surface area contributed by atoms with Crippen LogP contribution in [-0.2, 0) is 30.3 Å². The van der Waals surface area contributed by atoms with E-state index in [9.17, 15) is 19.2 Å². The molecule has 1 aliphatic heterocycles. The predicted molar refractivity (Wildman–Crippen MR) is 138 cm³/mol. The minimum absolute atomic E-state index is 0.124. The summed E-state index contributed by atoms with van der Waals surface area (Å²) in [5, 5.41) is 6.43. The van der Waals surface area contributed by atoms with Gasteiger partial charge in [0.1, 0.15) is 30.3 Å². The number of rotatable bonds is 8. The van der Waals surface area contributed by atoms with E-state index in [1.807, 2.05) is 0 Å². The summed E-state index contributed by atoms with van der Waals surface area (Å²) in [6, 6.07) is 0.639. The van der Waals surface area contributed by atoms with Crippen molar-refractivity contribution in [3.05, 3.63) is 30.1 Å². The smallest absolute Gasteiger partial charge is 0.408 e. The molecule has 1 aromatic heterocycles. The zero-order chi connectivity index (χ0) is 27.8. The SMILES string of the molecule is CC(NC(=O)C(Cc1cccnc1)NC(=O)OC(C)(C)C)C(=O)N1CCCC(C(=O)OCC(Cl)(Cl)Cl)N1. The van der Waals surface area contributed by atoms with E-state index >= 15 is 0 Å². The van der Waals surface area contributed by atoms with Gasteiger partial charge in [-0.25, -0.2) is 10.2 Å². The van der Waals surface area contributed by atoms with Crippen LogP contribution >= 0.6 is 34.8 Å². The monoisotopic (exact) mass is 579 g/mol. The standard InChI is InChI=1S/C23H32Cl3N5O6/c1-14(19(33)31-10-6-8-16(30-31)20(34)36-13-23(24,25)26)28-18(32)17(11-15-7-5-9-27-12-15)29-21(35)37-22(2,3)4/h5,7,9,12,14,16-17,30H,6,8,10-11,13H2,1-4H3,(H,28,32)(H,29,35). The Morgan fingerprint density at radius 3 is 2.51 bits per heavy atom. The van der Waals surface area contributed by atoms with E-state index in [0.717, 1.165) is 0 Å². The van der Waals surface area contributed by atoms with Gasteiger partial charge < -0.3 is 20.1 Å². The molecule has 2 heterocycles. The first-order chi connectivity index (χ1) is 17.1. The summed E-state index contributed by atoms with van der Waals surface area (Å²) in [6.07, 6.45) is 3.44. The number of alkyl carbamates (subject to hydrolysis) is 1. The van der Waals surface area contributed by atoms with Gasteiger partial charge in [-0.3, -0.25) is 24.4 Å². The van der Waals surface area contributed by atoms with Crippen LogP contribution in [0.4, 0.5) is 4.79 Å². The van der Waals surface area contributed by atoms with Crippen LogP contribution in [0.1, 0.15) is 46.1 Å². The Hall–Kier alpha value is -2.34. The summed E-state index contributed by atoms with van der Waals surface area (Å²) in [6.45, 7) is 6.49. The number of nitrogens with zero attached hydrogens (tertiary/aromatic N) is 2. The number of hydrogen-bond acceptors (Lipinski definition) is 8. The molecule has 37 heavy (non-hydrogen) atoms. The molecule has 1 fully saturated rings. The van der Waals surface area contributed by atoms with Gasteiger partial charge in [-0.2, -0.15) is 0 Å². The summed E-state index contributed by atoms with van der Waals surface area (Å²) in [7, 11) is 0. The van der Waals surface area contributed by atoms with E-state index in [4.69, 9.17) is 44.3 Å². The molecule has 3 unspecified atom stereocenters. The quantitative estimate of drug-likeness (QED) is 0.315. The molecule has 206 valence electrons. The van der Waals surface area contributed by atoms with Crippen molar-refractivity contribution in [1.82, 2.24) is 26.1 Å². The Morgan fingerprint density at radius 2 is 1.92 bits per heavy atom. The molecule has 1 saturated heterocycles. The van der Waals surface area contributed by atoms with Gasteiger partial charge in [0, 0.05) is 25.4 Å². The molecule has 11 nitrogen and oxygen atoms in total. The van der Waals surface area contributed by atoms with Crippen LogP contribution < -0.4 is 16.1 Å². The van der Waals surface area contributed by atoms with Crippen LogP contribution in [0.3, 0.4) is 0 Å². The van der Waals surface area contributed by atoms with E-state index in [2.05, 4.69) is 21.0 Å². The number of aromatic nitrogens is 1. The number of nitrogens with one attached hydrogen (secondary N) is 3. The van der Waals surface area contributed by atoms with Crippen LogP contribution in [0, 0.1) is 0 Å². The Morgan fingerprint density at radius 1 is 1.22 bits per heavy atom. The number of alkyl halides is 3. The highest BCUT2D eigenvalue weighted by molar-refractivity contribution is 6.67. The number of hydrogen-bond donors (Lipinski definition) is 3. The van der Waals surface area contributed by atoms with Crippen molar-refractivity contribution in [3.8, 4) is 0 Å². The lowest BCUT2D eigenvalue weighted by Gasteiger charge is -2.34. The molecular weight excluding hydrogens is 549 g/mol. The average Bonchev–Trinajstić information content (AvgIpc) is 2.80. The summed E-state index contributed by atoms with van der Waals surface area (Å²) < 4.78 is 8.52. The molecule has 0 aliphatic carbocycles. The molecule has 0 bridgehead atoms. The van der Waals surface area contributed by atoms with E-state index in [1.54, 1.807) is 45.3 Å². The molecule has 3 N–H and O–H groups in total. The number of ether oxygens (including phenoxy) is 2. The van der Waals surface area contributed by atoms with Crippen LogP contribution in [0.25, 0.3) is 0 Å². The minimum atomic E-state index is -1.75. The van der Waals surface area contributed by atoms with Crippen LogP contribution in [0.5, 0.6) is 0 Å². The third kappa shape index (κ3) is 11.3. The van der Waals surface area contributed by atoms with Crippen LogP contribution in [0.15, 0.2) is 24.5 Å². The van der Waals surface area contributed by atoms with Crippen molar-refractivity contribution >= 4 is 58.7 Å². The number of amides is 3. The number of pyridine rings is 1. The van der Waals surface area contributed by atoms with Gasteiger partial charge in [-0.1, -0.05) is 40.9 Å². The lowest BCUT2D eigenvalue weighted by molar-refractivity contribution is -0.152. The molecule has 2 rings (SSSR count). The zero-order valence-corrected chi connectivity index (χ0v) is 23.3. The lowest BCUT2D eigenvalue weighted by atomic mass is 10.1. The summed E-state index contributed by atoms with van der Waals surface area (Å²) in [4.78, 5) is 54.8. The number of halogens is 3. The normalized spacial score (nSPS) is 17.8. The molecule has 1 aromatic rings. The van der Waals surface area contributed by atoms with Crippen LogP contribution in [0.2, 0.25) is 0 Å². The molecule has 3 amide bonds. The first-order valence-electron chi connectivity index (χ1n) is 11.6. The van der Waals surface area contributed by atoms with E-state index in [-0.39, 0.29) is 6.42 Å². The maximum atomic E-state index is 13.1. The number of carbonyl (C=O) groups excluding carboxylic acids is 4. The van der Waals surface area contributed by atoms with Gasteiger partial charge in [0.15, 0.2) is 0 Å². The second-order valence-corrected chi connectivity index (χ2v) is 12.0. The Labute approximate surface area is 230 Å². The fourth-order valence-corrected chi connectivity index (χ4v) is 3.56. The summed E-state index contributed by atoms with van der Waals surface area (Å²) in [5.74, 6) is -1.74.